The highest BCUT2D eigenvalue weighted by molar-refractivity contribution is 7.98. The van der Waals surface area contributed by atoms with Crippen LogP contribution in [0, 0.1) is 0 Å². The van der Waals surface area contributed by atoms with E-state index in [1.54, 1.807) is 36.3 Å². The van der Waals surface area contributed by atoms with Crippen LogP contribution in [-0.2, 0) is 17.1 Å². The average molecular weight is 351 g/mol. The molecule has 0 spiro atoms. The van der Waals surface area contributed by atoms with Gasteiger partial charge in [-0.15, -0.1) is 11.8 Å². The van der Waals surface area contributed by atoms with Crippen LogP contribution in [0.1, 0.15) is 5.56 Å². The normalized spacial score (nSPS) is 10.4. The Bertz CT molecular complexity index is 892. The number of pyridine rings is 2. The summed E-state index contributed by atoms with van der Waals surface area (Å²) in [5.74, 6) is 0.611. The van der Waals surface area contributed by atoms with Crippen molar-refractivity contribution in [1.82, 2.24) is 9.55 Å². The lowest BCUT2D eigenvalue weighted by Gasteiger charge is -2.08. The number of amides is 1. The molecule has 0 bridgehead atoms. The lowest BCUT2D eigenvalue weighted by Crippen LogP contribution is -2.26. The largest absolute Gasteiger partial charge is 0.325 e. The number of hydrogen-bond donors (Lipinski definition) is 1. The number of anilines is 1. The summed E-state index contributed by atoms with van der Waals surface area (Å²) in [5, 5.41) is 2.80. The summed E-state index contributed by atoms with van der Waals surface area (Å²) in [6, 6.07) is 16.4. The van der Waals surface area contributed by atoms with Gasteiger partial charge >= 0.3 is 0 Å². The van der Waals surface area contributed by atoms with Crippen molar-refractivity contribution in [3.8, 4) is 0 Å². The summed E-state index contributed by atoms with van der Waals surface area (Å²) in [6.45, 7) is -0.00280. The zero-order chi connectivity index (χ0) is 17.5. The maximum absolute atomic E-state index is 12.0. The van der Waals surface area contributed by atoms with Crippen LogP contribution in [0.3, 0.4) is 0 Å². The number of aromatic nitrogens is 2. The molecule has 0 saturated heterocycles. The second-order valence-electron chi connectivity index (χ2n) is 5.39. The van der Waals surface area contributed by atoms with Gasteiger partial charge in [0.15, 0.2) is 0 Å². The van der Waals surface area contributed by atoms with Crippen molar-refractivity contribution in [1.29, 1.82) is 0 Å². The van der Waals surface area contributed by atoms with Crippen molar-refractivity contribution in [2.75, 3.05) is 5.32 Å². The highest BCUT2D eigenvalue weighted by Crippen LogP contribution is 2.23. The molecule has 0 atom stereocenters. The summed E-state index contributed by atoms with van der Waals surface area (Å²) < 4.78 is 1.37. The maximum Gasteiger partial charge on any atom is 0.250 e. The zero-order valence-corrected chi connectivity index (χ0v) is 14.3. The quantitative estimate of drug-likeness (QED) is 0.693. The Labute approximate surface area is 149 Å². The van der Waals surface area contributed by atoms with Gasteiger partial charge in [-0.25, -0.2) is 0 Å². The van der Waals surface area contributed by atoms with E-state index in [-0.39, 0.29) is 18.0 Å². The number of rotatable bonds is 6. The second-order valence-corrected chi connectivity index (χ2v) is 6.44. The number of nitrogens with one attached hydrogen (secondary N) is 1. The van der Waals surface area contributed by atoms with Crippen molar-refractivity contribution >= 4 is 23.4 Å². The lowest BCUT2D eigenvalue weighted by atomic mass is 10.3. The zero-order valence-electron chi connectivity index (χ0n) is 13.5. The average Bonchev–Trinajstić information content (AvgIpc) is 2.64. The molecule has 1 amide bonds. The van der Waals surface area contributed by atoms with Crippen LogP contribution >= 0.6 is 11.8 Å². The predicted molar refractivity (Wildman–Crippen MR) is 99.6 cm³/mol. The van der Waals surface area contributed by atoms with Gasteiger partial charge in [-0.3, -0.25) is 14.6 Å². The number of thioether (sulfide) groups is 1. The Balaban J connectivity index is 1.54. The van der Waals surface area contributed by atoms with E-state index in [2.05, 4.69) is 10.3 Å². The Kier molecular flexibility index (Phi) is 5.64. The Hall–Kier alpha value is -2.86. The minimum Gasteiger partial charge on any atom is -0.325 e. The molecule has 1 N–H and O–H groups in total. The smallest absolute Gasteiger partial charge is 0.250 e. The van der Waals surface area contributed by atoms with Crippen molar-refractivity contribution in [2.45, 2.75) is 17.2 Å². The lowest BCUT2D eigenvalue weighted by molar-refractivity contribution is -0.116. The van der Waals surface area contributed by atoms with E-state index >= 15 is 0 Å². The number of carbonyl (C=O) groups is 1. The van der Waals surface area contributed by atoms with Crippen LogP contribution in [0.4, 0.5) is 5.69 Å². The van der Waals surface area contributed by atoms with Gasteiger partial charge < -0.3 is 9.88 Å². The number of benzene rings is 1. The molecule has 0 unspecified atom stereocenters. The van der Waals surface area contributed by atoms with Gasteiger partial charge in [0.1, 0.15) is 6.54 Å². The van der Waals surface area contributed by atoms with E-state index in [1.165, 1.54) is 10.6 Å². The first-order chi connectivity index (χ1) is 12.2. The van der Waals surface area contributed by atoms with Gasteiger partial charge in [0.05, 0.1) is 0 Å². The molecule has 25 heavy (non-hydrogen) atoms. The molecule has 3 aromatic rings. The van der Waals surface area contributed by atoms with Crippen LogP contribution in [0.15, 0.2) is 82.9 Å². The number of nitrogens with zero attached hydrogens (tertiary/aromatic N) is 2. The third-order valence-electron chi connectivity index (χ3n) is 3.48. The van der Waals surface area contributed by atoms with Gasteiger partial charge in [-0.1, -0.05) is 12.1 Å². The second kappa shape index (κ2) is 8.30. The Morgan fingerprint density at radius 2 is 1.92 bits per heavy atom. The highest BCUT2D eigenvalue weighted by atomic mass is 32.2. The van der Waals surface area contributed by atoms with E-state index in [0.717, 1.165) is 16.2 Å². The van der Waals surface area contributed by atoms with Crippen LogP contribution in [0.5, 0.6) is 0 Å². The van der Waals surface area contributed by atoms with Gasteiger partial charge in [0.2, 0.25) is 5.91 Å². The van der Waals surface area contributed by atoms with Crippen molar-refractivity contribution < 1.29 is 4.79 Å². The predicted octanol–water partition coefficient (Wildman–Crippen LogP) is 3.17. The fraction of sp³-hybridized carbons (Fsp3) is 0.105. The van der Waals surface area contributed by atoms with E-state index in [0.29, 0.717) is 5.69 Å². The molecule has 0 fully saturated rings. The molecule has 0 aliphatic heterocycles. The summed E-state index contributed by atoms with van der Waals surface area (Å²) in [6.07, 6.45) is 5.21. The molecular formula is C19H17N3O2S. The van der Waals surface area contributed by atoms with Crippen LogP contribution in [-0.4, -0.2) is 15.5 Å². The summed E-state index contributed by atoms with van der Waals surface area (Å²) in [5.41, 5.74) is 1.68. The molecule has 126 valence electrons. The standard InChI is InChI=1S/C19H17N3O2S/c23-18(13-22-11-2-1-5-19(22)24)21-16-6-8-17(9-7-16)25-14-15-4-3-10-20-12-15/h1-12H,13-14H2,(H,21,23). The van der Waals surface area contributed by atoms with Crippen molar-refractivity contribution in [2.24, 2.45) is 0 Å². The SMILES string of the molecule is O=C(Cn1ccccc1=O)Nc1ccc(SCc2cccnc2)cc1. The fourth-order valence-corrected chi connectivity index (χ4v) is 3.06. The number of carbonyl (C=O) groups excluding carboxylic acids is 1. The van der Waals surface area contributed by atoms with Crippen LogP contribution < -0.4 is 10.9 Å². The van der Waals surface area contributed by atoms with E-state index < -0.39 is 0 Å². The minimum absolute atomic E-state index is 0.00280. The molecule has 0 aliphatic carbocycles. The number of hydrogen-bond acceptors (Lipinski definition) is 4. The third kappa shape index (κ3) is 5.06. The maximum atomic E-state index is 12.0. The fourth-order valence-electron chi connectivity index (χ4n) is 2.23. The first-order valence-electron chi connectivity index (χ1n) is 7.78. The first kappa shape index (κ1) is 17.0. The monoisotopic (exact) mass is 351 g/mol. The summed E-state index contributed by atoms with van der Waals surface area (Å²) >= 11 is 1.71. The Morgan fingerprint density at radius 1 is 1.08 bits per heavy atom. The van der Waals surface area contributed by atoms with Gasteiger partial charge in [-0.05, 0) is 42.0 Å². The molecule has 1 aromatic carbocycles. The minimum atomic E-state index is -0.232. The van der Waals surface area contributed by atoms with Gasteiger partial charge in [-0.2, -0.15) is 0 Å². The van der Waals surface area contributed by atoms with Crippen molar-refractivity contribution in [3.05, 3.63) is 89.1 Å². The molecule has 3 rings (SSSR count). The first-order valence-corrected chi connectivity index (χ1v) is 8.76. The molecule has 0 aliphatic rings. The van der Waals surface area contributed by atoms with E-state index in [1.807, 2.05) is 42.6 Å². The van der Waals surface area contributed by atoms with E-state index in [9.17, 15) is 9.59 Å². The molecule has 2 heterocycles. The van der Waals surface area contributed by atoms with E-state index in [4.69, 9.17) is 0 Å². The van der Waals surface area contributed by atoms with Crippen molar-refractivity contribution in [3.63, 3.8) is 0 Å². The third-order valence-corrected chi connectivity index (χ3v) is 4.56. The molecule has 5 nitrogen and oxygen atoms in total. The van der Waals surface area contributed by atoms with Crippen LogP contribution in [0.2, 0.25) is 0 Å². The molecule has 2 aromatic heterocycles. The summed E-state index contributed by atoms with van der Waals surface area (Å²) in [7, 11) is 0. The van der Waals surface area contributed by atoms with Gasteiger partial charge in [0.25, 0.3) is 5.56 Å². The topological polar surface area (TPSA) is 64.0 Å². The molecule has 6 heteroatoms. The molecule has 0 radical (unpaired) electrons. The Morgan fingerprint density at radius 3 is 2.64 bits per heavy atom. The summed E-state index contributed by atoms with van der Waals surface area (Å²) in [4.78, 5) is 28.9. The molecule has 0 saturated carbocycles. The molecular weight excluding hydrogens is 334 g/mol. The van der Waals surface area contributed by atoms with Crippen LogP contribution in [0.25, 0.3) is 0 Å². The highest BCUT2D eigenvalue weighted by Gasteiger charge is 2.05. The van der Waals surface area contributed by atoms with Gasteiger partial charge in [0, 0.05) is 41.0 Å².